The standard InChI is InChI=1S/C16H17Cl2NO3S/c1-12-6-7-14(10-16(12)18)22-9-8-19-23(20,21)11-13-4-2-3-5-15(13)17/h2-7,10,19H,8-9,11H2,1H3. The van der Waals surface area contributed by atoms with Crippen LogP contribution in [0.4, 0.5) is 0 Å². The van der Waals surface area contributed by atoms with Crippen LogP contribution >= 0.6 is 23.2 Å². The highest BCUT2D eigenvalue weighted by Gasteiger charge is 2.13. The molecule has 0 saturated carbocycles. The fourth-order valence-electron chi connectivity index (χ4n) is 1.90. The Kier molecular flexibility index (Phi) is 6.30. The van der Waals surface area contributed by atoms with Crippen molar-refractivity contribution in [2.75, 3.05) is 13.2 Å². The van der Waals surface area contributed by atoms with E-state index in [0.29, 0.717) is 21.4 Å². The predicted molar refractivity (Wildman–Crippen MR) is 93.8 cm³/mol. The van der Waals surface area contributed by atoms with Crippen LogP contribution in [0, 0.1) is 6.92 Å². The zero-order chi connectivity index (χ0) is 16.9. The molecule has 23 heavy (non-hydrogen) atoms. The number of aryl methyl sites for hydroxylation is 1. The molecular formula is C16H17Cl2NO3S. The number of sulfonamides is 1. The van der Waals surface area contributed by atoms with E-state index in [1.807, 2.05) is 13.0 Å². The highest BCUT2D eigenvalue weighted by atomic mass is 35.5. The van der Waals surface area contributed by atoms with E-state index < -0.39 is 10.0 Å². The van der Waals surface area contributed by atoms with E-state index in [2.05, 4.69) is 4.72 Å². The molecule has 0 aliphatic carbocycles. The average molecular weight is 374 g/mol. The molecule has 0 amide bonds. The normalized spacial score (nSPS) is 11.4. The molecule has 0 saturated heterocycles. The Morgan fingerprint density at radius 2 is 1.83 bits per heavy atom. The van der Waals surface area contributed by atoms with Crippen LogP contribution in [0.15, 0.2) is 42.5 Å². The third kappa shape index (κ3) is 5.70. The molecule has 0 bridgehead atoms. The maximum atomic E-state index is 12.0. The molecule has 2 rings (SSSR count). The highest BCUT2D eigenvalue weighted by Crippen LogP contribution is 2.21. The number of hydrogen-bond acceptors (Lipinski definition) is 3. The molecule has 1 N–H and O–H groups in total. The van der Waals surface area contributed by atoms with Gasteiger partial charge in [-0.05, 0) is 36.2 Å². The molecule has 0 aliphatic rings. The molecular weight excluding hydrogens is 357 g/mol. The summed E-state index contributed by atoms with van der Waals surface area (Å²) in [6.07, 6.45) is 0. The predicted octanol–water partition coefficient (Wildman–Crippen LogP) is 3.80. The fraction of sp³-hybridized carbons (Fsp3) is 0.250. The molecule has 0 heterocycles. The van der Waals surface area contributed by atoms with Crippen molar-refractivity contribution < 1.29 is 13.2 Å². The number of benzene rings is 2. The minimum Gasteiger partial charge on any atom is -0.492 e. The number of halogens is 2. The van der Waals surface area contributed by atoms with Crippen molar-refractivity contribution in [2.45, 2.75) is 12.7 Å². The summed E-state index contributed by atoms with van der Waals surface area (Å²) in [6, 6.07) is 12.2. The second-order valence-electron chi connectivity index (χ2n) is 5.00. The summed E-state index contributed by atoms with van der Waals surface area (Å²) in [6.45, 7) is 2.27. The van der Waals surface area contributed by atoms with Gasteiger partial charge < -0.3 is 4.74 Å². The van der Waals surface area contributed by atoms with Crippen LogP contribution < -0.4 is 9.46 Å². The Bertz CT molecular complexity index is 779. The van der Waals surface area contributed by atoms with Gasteiger partial charge in [-0.25, -0.2) is 13.1 Å². The lowest BCUT2D eigenvalue weighted by Crippen LogP contribution is -2.29. The number of ether oxygens (including phenoxy) is 1. The summed E-state index contributed by atoms with van der Waals surface area (Å²) < 4.78 is 32.0. The summed E-state index contributed by atoms with van der Waals surface area (Å²) in [5, 5.41) is 1.05. The Morgan fingerprint density at radius 3 is 2.52 bits per heavy atom. The van der Waals surface area contributed by atoms with E-state index in [-0.39, 0.29) is 18.9 Å². The first kappa shape index (κ1) is 18.1. The van der Waals surface area contributed by atoms with Gasteiger partial charge in [0.15, 0.2) is 0 Å². The molecule has 0 radical (unpaired) electrons. The molecule has 2 aromatic carbocycles. The Balaban J connectivity index is 1.83. The van der Waals surface area contributed by atoms with Crippen LogP contribution in [0.1, 0.15) is 11.1 Å². The van der Waals surface area contributed by atoms with Crippen LogP contribution in [-0.4, -0.2) is 21.6 Å². The van der Waals surface area contributed by atoms with E-state index >= 15 is 0 Å². The second kappa shape index (κ2) is 8.02. The average Bonchev–Trinajstić information content (AvgIpc) is 2.49. The van der Waals surface area contributed by atoms with Gasteiger partial charge in [0.25, 0.3) is 0 Å². The first-order valence-corrected chi connectivity index (χ1v) is 9.38. The second-order valence-corrected chi connectivity index (χ2v) is 7.63. The van der Waals surface area contributed by atoms with Gasteiger partial charge in [0.05, 0.1) is 5.75 Å². The van der Waals surface area contributed by atoms with Crippen molar-refractivity contribution in [3.8, 4) is 5.75 Å². The van der Waals surface area contributed by atoms with E-state index in [0.717, 1.165) is 5.56 Å². The SMILES string of the molecule is Cc1ccc(OCCNS(=O)(=O)Cc2ccccc2Cl)cc1Cl. The number of nitrogens with one attached hydrogen (secondary N) is 1. The molecule has 0 atom stereocenters. The molecule has 0 spiro atoms. The lowest BCUT2D eigenvalue weighted by Gasteiger charge is -2.10. The van der Waals surface area contributed by atoms with Crippen molar-refractivity contribution in [1.82, 2.24) is 4.72 Å². The Morgan fingerprint density at radius 1 is 1.09 bits per heavy atom. The molecule has 0 unspecified atom stereocenters. The van der Waals surface area contributed by atoms with E-state index in [1.165, 1.54) is 0 Å². The van der Waals surface area contributed by atoms with Crippen molar-refractivity contribution in [1.29, 1.82) is 0 Å². The first-order chi connectivity index (χ1) is 10.9. The van der Waals surface area contributed by atoms with Gasteiger partial charge in [-0.3, -0.25) is 0 Å². The van der Waals surface area contributed by atoms with E-state index in [1.54, 1.807) is 36.4 Å². The highest BCUT2D eigenvalue weighted by molar-refractivity contribution is 7.88. The van der Waals surface area contributed by atoms with Gasteiger partial charge in [-0.2, -0.15) is 0 Å². The van der Waals surface area contributed by atoms with Crippen molar-refractivity contribution in [3.63, 3.8) is 0 Å². The first-order valence-electron chi connectivity index (χ1n) is 6.97. The van der Waals surface area contributed by atoms with Gasteiger partial charge in [-0.15, -0.1) is 0 Å². The van der Waals surface area contributed by atoms with Crippen LogP contribution in [-0.2, 0) is 15.8 Å². The smallest absolute Gasteiger partial charge is 0.215 e. The van der Waals surface area contributed by atoms with Crippen molar-refractivity contribution in [2.24, 2.45) is 0 Å². The molecule has 2 aromatic rings. The molecule has 4 nitrogen and oxygen atoms in total. The molecule has 0 fully saturated rings. The fourth-order valence-corrected chi connectivity index (χ4v) is 3.51. The quantitative estimate of drug-likeness (QED) is 0.750. The minimum atomic E-state index is -3.47. The van der Waals surface area contributed by atoms with Crippen LogP contribution in [0.25, 0.3) is 0 Å². The summed E-state index contributed by atoms with van der Waals surface area (Å²) >= 11 is 12.0. The van der Waals surface area contributed by atoms with Crippen molar-refractivity contribution in [3.05, 3.63) is 63.6 Å². The van der Waals surface area contributed by atoms with Crippen molar-refractivity contribution >= 4 is 33.2 Å². The monoisotopic (exact) mass is 373 g/mol. The van der Waals surface area contributed by atoms with Crippen LogP contribution in [0.2, 0.25) is 10.0 Å². The maximum absolute atomic E-state index is 12.0. The Hall–Kier alpha value is -1.27. The summed E-state index contributed by atoms with van der Waals surface area (Å²) in [5.41, 5.74) is 1.52. The van der Waals surface area contributed by atoms with Gasteiger partial charge in [0, 0.05) is 16.6 Å². The summed E-state index contributed by atoms with van der Waals surface area (Å²) in [5.74, 6) is 0.439. The molecule has 0 aliphatic heterocycles. The summed E-state index contributed by atoms with van der Waals surface area (Å²) in [4.78, 5) is 0. The zero-order valence-corrected chi connectivity index (χ0v) is 14.9. The van der Waals surface area contributed by atoms with E-state index in [4.69, 9.17) is 27.9 Å². The number of rotatable bonds is 7. The number of hydrogen-bond donors (Lipinski definition) is 1. The molecule has 7 heteroatoms. The zero-order valence-electron chi connectivity index (χ0n) is 12.6. The van der Waals surface area contributed by atoms with Crippen LogP contribution in [0.5, 0.6) is 5.75 Å². The van der Waals surface area contributed by atoms with Gasteiger partial charge in [0.1, 0.15) is 12.4 Å². The topological polar surface area (TPSA) is 55.4 Å². The van der Waals surface area contributed by atoms with Gasteiger partial charge >= 0.3 is 0 Å². The molecule has 0 aromatic heterocycles. The van der Waals surface area contributed by atoms with Crippen LogP contribution in [0.3, 0.4) is 0 Å². The van der Waals surface area contributed by atoms with E-state index in [9.17, 15) is 8.42 Å². The third-order valence-corrected chi connectivity index (χ3v) is 5.25. The minimum absolute atomic E-state index is 0.164. The Labute approximate surface area is 146 Å². The summed E-state index contributed by atoms with van der Waals surface area (Å²) in [7, 11) is -3.47. The lowest BCUT2D eigenvalue weighted by molar-refractivity contribution is 0.323. The third-order valence-electron chi connectivity index (χ3n) is 3.14. The molecule has 124 valence electrons. The van der Waals surface area contributed by atoms with Gasteiger partial charge in [-0.1, -0.05) is 47.5 Å². The largest absolute Gasteiger partial charge is 0.492 e. The maximum Gasteiger partial charge on any atom is 0.215 e. The lowest BCUT2D eigenvalue weighted by atomic mass is 10.2. The van der Waals surface area contributed by atoms with Gasteiger partial charge in [0.2, 0.25) is 10.0 Å².